The van der Waals surface area contributed by atoms with Gasteiger partial charge in [-0.3, -0.25) is 0 Å². The monoisotopic (exact) mass is 184 g/mol. The summed E-state index contributed by atoms with van der Waals surface area (Å²) in [4.78, 5) is 18.4. The molecule has 0 amide bonds. The lowest BCUT2D eigenvalue weighted by molar-refractivity contribution is 0.0691. The van der Waals surface area contributed by atoms with E-state index in [-0.39, 0.29) is 5.56 Å². The van der Waals surface area contributed by atoms with Crippen molar-refractivity contribution in [3.63, 3.8) is 0 Å². The highest BCUT2D eigenvalue weighted by atomic mass is 32.2. The van der Waals surface area contributed by atoms with Crippen molar-refractivity contribution in [2.45, 2.75) is 11.9 Å². The third kappa shape index (κ3) is 1.73. The molecule has 5 heteroatoms. The van der Waals surface area contributed by atoms with Gasteiger partial charge in [0.1, 0.15) is 16.4 Å². The van der Waals surface area contributed by atoms with Crippen molar-refractivity contribution in [1.82, 2.24) is 9.97 Å². The summed E-state index contributed by atoms with van der Waals surface area (Å²) in [5.74, 6) is -0.399. The number of aryl methyl sites for hydroxylation is 1. The molecule has 0 unspecified atom stereocenters. The zero-order chi connectivity index (χ0) is 9.14. The molecule has 0 aliphatic carbocycles. The highest BCUT2D eigenvalue weighted by Crippen LogP contribution is 2.16. The van der Waals surface area contributed by atoms with Gasteiger partial charge in [0.05, 0.1) is 0 Å². The number of hydrogen-bond acceptors (Lipinski definition) is 4. The SMILES string of the molecule is CSc1nc(C)ncc1C(=O)O. The Hall–Kier alpha value is -1.10. The fraction of sp³-hybridized carbons (Fsp3) is 0.286. The Morgan fingerprint density at radius 2 is 2.33 bits per heavy atom. The van der Waals surface area contributed by atoms with Crippen molar-refractivity contribution < 1.29 is 9.90 Å². The second kappa shape index (κ2) is 3.53. The van der Waals surface area contributed by atoms with Gasteiger partial charge in [-0.25, -0.2) is 14.8 Å². The Labute approximate surface area is 74.0 Å². The zero-order valence-corrected chi connectivity index (χ0v) is 7.55. The standard InChI is InChI=1S/C7H8N2O2S/c1-4-8-3-5(7(10)11)6(9-4)12-2/h3H,1-2H3,(H,10,11). The van der Waals surface area contributed by atoms with Crippen LogP contribution in [0.2, 0.25) is 0 Å². The number of carboxylic acid groups (broad SMARTS) is 1. The summed E-state index contributed by atoms with van der Waals surface area (Å²) in [5, 5.41) is 9.20. The number of hydrogen-bond donors (Lipinski definition) is 1. The average Bonchev–Trinajstić information content (AvgIpc) is 2.03. The third-order valence-electron chi connectivity index (χ3n) is 1.30. The molecule has 0 atom stereocenters. The van der Waals surface area contributed by atoms with Crippen molar-refractivity contribution in [1.29, 1.82) is 0 Å². The van der Waals surface area contributed by atoms with Crippen molar-refractivity contribution in [2.24, 2.45) is 0 Å². The van der Waals surface area contributed by atoms with Crippen LogP contribution < -0.4 is 0 Å². The van der Waals surface area contributed by atoms with Crippen LogP contribution in [0.3, 0.4) is 0 Å². The number of carbonyl (C=O) groups is 1. The maximum Gasteiger partial charge on any atom is 0.340 e. The lowest BCUT2D eigenvalue weighted by Crippen LogP contribution is -2.03. The van der Waals surface area contributed by atoms with Crippen molar-refractivity contribution in [3.05, 3.63) is 17.6 Å². The molecule has 4 nitrogen and oxygen atoms in total. The lowest BCUT2D eigenvalue weighted by Gasteiger charge is -2.00. The number of aromatic nitrogens is 2. The first-order chi connectivity index (χ1) is 5.65. The van der Waals surface area contributed by atoms with E-state index in [2.05, 4.69) is 9.97 Å². The second-order valence-electron chi connectivity index (χ2n) is 2.15. The first kappa shape index (κ1) is 8.99. The maximum absolute atomic E-state index is 10.6. The van der Waals surface area contributed by atoms with E-state index in [4.69, 9.17) is 5.11 Å². The third-order valence-corrected chi connectivity index (χ3v) is 2.00. The minimum atomic E-state index is -0.987. The molecule has 1 aromatic rings. The first-order valence-electron chi connectivity index (χ1n) is 3.26. The predicted octanol–water partition coefficient (Wildman–Crippen LogP) is 1.21. The fourth-order valence-electron chi connectivity index (χ4n) is 0.752. The highest BCUT2D eigenvalue weighted by Gasteiger charge is 2.10. The number of carboxylic acids is 1. The van der Waals surface area contributed by atoms with E-state index in [9.17, 15) is 4.79 Å². The molecule has 0 spiro atoms. The largest absolute Gasteiger partial charge is 0.478 e. The Kier molecular flexibility index (Phi) is 2.65. The van der Waals surface area contributed by atoms with Crippen LogP contribution in [0.25, 0.3) is 0 Å². The zero-order valence-electron chi connectivity index (χ0n) is 6.74. The van der Waals surface area contributed by atoms with Crippen LogP contribution in [0, 0.1) is 6.92 Å². The molecular formula is C7H8N2O2S. The Balaban J connectivity index is 3.20. The van der Waals surface area contributed by atoms with Crippen LogP contribution in [0.5, 0.6) is 0 Å². The van der Waals surface area contributed by atoms with E-state index in [1.807, 2.05) is 0 Å². The maximum atomic E-state index is 10.6. The van der Waals surface area contributed by atoms with E-state index < -0.39 is 5.97 Å². The number of aromatic carboxylic acids is 1. The molecule has 0 aliphatic heterocycles. The molecule has 0 bridgehead atoms. The average molecular weight is 184 g/mol. The van der Waals surface area contributed by atoms with Crippen LogP contribution in [0.4, 0.5) is 0 Å². The van der Waals surface area contributed by atoms with Gasteiger partial charge in [-0.1, -0.05) is 0 Å². The minimum absolute atomic E-state index is 0.160. The second-order valence-corrected chi connectivity index (χ2v) is 2.94. The highest BCUT2D eigenvalue weighted by molar-refractivity contribution is 7.98. The molecule has 12 heavy (non-hydrogen) atoms. The van der Waals surface area contributed by atoms with Crippen LogP contribution in [0.1, 0.15) is 16.2 Å². The van der Waals surface area contributed by atoms with Gasteiger partial charge in [0, 0.05) is 6.20 Å². The van der Waals surface area contributed by atoms with Crippen LogP contribution >= 0.6 is 11.8 Å². The van der Waals surface area contributed by atoms with Crippen LogP contribution in [-0.4, -0.2) is 27.3 Å². The summed E-state index contributed by atoms with van der Waals surface area (Å²) in [6, 6.07) is 0. The molecule has 0 aromatic carbocycles. The molecule has 1 aromatic heterocycles. The van der Waals surface area contributed by atoms with E-state index in [1.165, 1.54) is 18.0 Å². The van der Waals surface area contributed by atoms with Crippen molar-refractivity contribution >= 4 is 17.7 Å². The van der Waals surface area contributed by atoms with Gasteiger partial charge in [-0.05, 0) is 13.2 Å². The molecule has 64 valence electrons. The van der Waals surface area contributed by atoms with Gasteiger partial charge >= 0.3 is 5.97 Å². The Morgan fingerprint density at radius 1 is 1.67 bits per heavy atom. The van der Waals surface area contributed by atoms with E-state index in [0.29, 0.717) is 10.9 Å². The van der Waals surface area contributed by atoms with E-state index >= 15 is 0 Å². The normalized spacial score (nSPS) is 9.83. The Bertz CT molecular complexity index is 314. The van der Waals surface area contributed by atoms with Gasteiger partial charge in [0.2, 0.25) is 0 Å². The molecule has 0 aliphatic rings. The van der Waals surface area contributed by atoms with E-state index in [0.717, 1.165) is 0 Å². The predicted molar refractivity (Wildman–Crippen MR) is 45.5 cm³/mol. The van der Waals surface area contributed by atoms with Gasteiger partial charge in [-0.2, -0.15) is 0 Å². The summed E-state index contributed by atoms with van der Waals surface area (Å²) in [6.07, 6.45) is 3.12. The number of rotatable bonds is 2. The van der Waals surface area contributed by atoms with Gasteiger partial charge in [-0.15, -0.1) is 11.8 Å². The van der Waals surface area contributed by atoms with Gasteiger partial charge in [0.15, 0.2) is 0 Å². The fourth-order valence-corrected chi connectivity index (χ4v) is 1.33. The summed E-state index contributed by atoms with van der Waals surface area (Å²) in [5.41, 5.74) is 0.160. The molecule has 0 fully saturated rings. The smallest absolute Gasteiger partial charge is 0.340 e. The summed E-state index contributed by atoms with van der Waals surface area (Å²) < 4.78 is 0. The van der Waals surface area contributed by atoms with Crippen molar-refractivity contribution in [2.75, 3.05) is 6.26 Å². The molecule has 0 saturated heterocycles. The quantitative estimate of drug-likeness (QED) is 0.552. The molecular weight excluding hydrogens is 176 g/mol. The van der Waals surface area contributed by atoms with Gasteiger partial charge < -0.3 is 5.11 Å². The molecule has 1 heterocycles. The van der Waals surface area contributed by atoms with Gasteiger partial charge in [0.25, 0.3) is 0 Å². The van der Waals surface area contributed by atoms with Crippen LogP contribution in [-0.2, 0) is 0 Å². The summed E-state index contributed by atoms with van der Waals surface area (Å²) in [7, 11) is 0. The minimum Gasteiger partial charge on any atom is -0.478 e. The van der Waals surface area contributed by atoms with E-state index in [1.54, 1.807) is 13.2 Å². The summed E-state index contributed by atoms with van der Waals surface area (Å²) in [6.45, 7) is 1.73. The summed E-state index contributed by atoms with van der Waals surface area (Å²) >= 11 is 1.31. The Morgan fingerprint density at radius 3 is 2.83 bits per heavy atom. The number of thioether (sulfide) groups is 1. The van der Waals surface area contributed by atoms with Crippen molar-refractivity contribution in [3.8, 4) is 0 Å². The molecule has 1 rings (SSSR count). The molecule has 0 saturated carbocycles. The number of nitrogens with zero attached hydrogens (tertiary/aromatic N) is 2. The lowest BCUT2D eigenvalue weighted by atomic mass is 10.3. The molecule has 0 radical (unpaired) electrons. The first-order valence-corrected chi connectivity index (χ1v) is 4.48. The topological polar surface area (TPSA) is 63.1 Å². The molecule has 1 N–H and O–H groups in total. The van der Waals surface area contributed by atoms with Crippen LogP contribution in [0.15, 0.2) is 11.2 Å².